The lowest BCUT2D eigenvalue weighted by atomic mass is 9.99. The van der Waals surface area contributed by atoms with Crippen molar-refractivity contribution in [2.24, 2.45) is 0 Å². The van der Waals surface area contributed by atoms with Gasteiger partial charge in [-0.15, -0.1) is 0 Å². The highest BCUT2D eigenvalue weighted by molar-refractivity contribution is 5.82. The third-order valence-electron chi connectivity index (χ3n) is 3.88. The number of hydrogen-bond acceptors (Lipinski definition) is 3. The Kier molecular flexibility index (Phi) is 5.56. The SMILES string of the molecule is CCNC(=O)C1CNCCN1CC(C)c1ccccc1. The first-order valence-corrected chi connectivity index (χ1v) is 7.49. The van der Waals surface area contributed by atoms with E-state index in [4.69, 9.17) is 0 Å². The van der Waals surface area contributed by atoms with Gasteiger partial charge in [0.25, 0.3) is 0 Å². The summed E-state index contributed by atoms with van der Waals surface area (Å²) in [7, 11) is 0. The van der Waals surface area contributed by atoms with Crippen molar-refractivity contribution in [1.29, 1.82) is 0 Å². The molecule has 0 bridgehead atoms. The number of rotatable bonds is 5. The standard InChI is InChI=1S/C16H25N3O/c1-3-18-16(20)15-11-17-9-10-19(15)12-13(2)14-7-5-4-6-8-14/h4-8,13,15,17H,3,9-12H2,1-2H3,(H,18,20). The summed E-state index contributed by atoms with van der Waals surface area (Å²) in [5, 5.41) is 6.25. The molecule has 1 aromatic rings. The molecule has 2 rings (SSSR count). The van der Waals surface area contributed by atoms with Crippen LogP contribution in [-0.4, -0.2) is 49.6 Å². The molecule has 4 heteroatoms. The monoisotopic (exact) mass is 275 g/mol. The largest absolute Gasteiger partial charge is 0.355 e. The van der Waals surface area contributed by atoms with Gasteiger partial charge in [-0.25, -0.2) is 0 Å². The van der Waals surface area contributed by atoms with Crippen LogP contribution in [0.2, 0.25) is 0 Å². The van der Waals surface area contributed by atoms with Crippen LogP contribution in [-0.2, 0) is 4.79 Å². The van der Waals surface area contributed by atoms with E-state index in [1.807, 2.05) is 13.0 Å². The number of piperazine rings is 1. The molecule has 2 N–H and O–H groups in total. The molecule has 0 saturated carbocycles. The van der Waals surface area contributed by atoms with E-state index in [2.05, 4.69) is 46.7 Å². The molecule has 2 atom stereocenters. The minimum absolute atomic E-state index is 0.0464. The van der Waals surface area contributed by atoms with Crippen LogP contribution in [0.5, 0.6) is 0 Å². The van der Waals surface area contributed by atoms with Gasteiger partial charge in [0.05, 0.1) is 0 Å². The summed E-state index contributed by atoms with van der Waals surface area (Å²) < 4.78 is 0. The van der Waals surface area contributed by atoms with Crippen molar-refractivity contribution in [2.75, 3.05) is 32.7 Å². The van der Waals surface area contributed by atoms with E-state index in [-0.39, 0.29) is 11.9 Å². The van der Waals surface area contributed by atoms with Crippen LogP contribution in [0.4, 0.5) is 0 Å². The number of nitrogens with zero attached hydrogens (tertiary/aromatic N) is 1. The van der Waals surface area contributed by atoms with Gasteiger partial charge in [0.1, 0.15) is 6.04 Å². The molecule has 1 aromatic carbocycles. The van der Waals surface area contributed by atoms with E-state index in [1.165, 1.54) is 5.56 Å². The van der Waals surface area contributed by atoms with Crippen molar-refractivity contribution in [3.8, 4) is 0 Å². The predicted octanol–water partition coefficient (Wildman–Crippen LogP) is 1.20. The van der Waals surface area contributed by atoms with Gasteiger partial charge in [0.2, 0.25) is 5.91 Å². The Bertz CT molecular complexity index is 421. The second kappa shape index (κ2) is 7.41. The maximum Gasteiger partial charge on any atom is 0.238 e. The van der Waals surface area contributed by atoms with Crippen molar-refractivity contribution in [1.82, 2.24) is 15.5 Å². The van der Waals surface area contributed by atoms with Gasteiger partial charge in [0, 0.05) is 32.7 Å². The molecule has 1 aliphatic rings. The average molecular weight is 275 g/mol. The molecular weight excluding hydrogens is 250 g/mol. The zero-order chi connectivity index (χ0) is 14.4. The lowest BCUT2D eigenvalue weighted by Crippen LogP contribution is -2.58. The smallest absolute Gasteiger partial charge is 0.238 e. The van der Waals surface area contributed by atoms with Crippen LogP contribution in [0.15, 0.2) is 30.3 Å². The fourth-order valence-electron chi connectivity index (χ4n) is 2.75. The minimum Gasteiger partial charge on any atom is -0.355 e. The molecule has 2 unspecified atom stereocenters. The van der Waals surface area contributed by atoms with Gasteiger partial charge in [-0.1, -0.05) is 37.3 Å². The van der Waals surface area contributed by atoms with Crippen molar-refractivity contribution in [3.63, 3.8) is 0 Å². The Morgan fingerprint density at radius 1 is 1.45 bits per heavy atom. The summed E-state index contributed by atoms with van der Waals surface area (Å²) in [6.45, 7) is 8.44. The fourth-order valence-corrected chi connectivity index (χ4v) is 2.75. The molecule has 0 aliphatic carbocycles. The number of likely N-dealkylation sites (N-methyl/N-ethyl adjacent to an activating group) is 1. The van der Waals surface area contributed by atoms with Crippen LogP contribution in [0, 0.1) is 0 Å². The lowest BCUT2D eigenvalue weighted by Gasteiger charge is -2.36. The van der Waals surface area contributed by atoms with Crippen LogP contribution >= 0.6 is 0 Å². The molecule has 0 aromatic heterocycles. The van der Waals surface area contributed by atoms with E-state index in [0.717, 1.165) is 26.2 Å². The zero-order valence-corrected chi connectivity index (χ0v) is 12.4. The molecule has 1 saturated heterocycles. The number of carbonyl (C=O) groups is 1. The van der Waals surface area contributed by atoms with E-state index < -0.39 is 0 Å². The van der Waals surface area contributed by atoms with Crippen LogP contribution in [0.1, 0.15) is 25.3 Å². The maximum atomic E-state index is 12.1. The van der Waals surface area contributed by atoms with E-state index in [1.54, 1.807) is 0 Å². The molecule has 1 heterocycles. The number of carbonyl (C=O) groups excluding carboxylic acids is 1. The highest BCUT2D eigenvalue weighted by Crippen LogP contribution is 2.18. The summed E-state index contributed by atoms with van der Waals surface area (Å²) in [6, 6.07) is 10.5. The van der Waals surface area contributed by atoms with Gasteiger partial charge in [-0.05, 0) is 18.4 Å². The van der Waals surface area contributed by atoms with Gasteiger partial charge < -0.3 is 10.6 Å². The molecule has 0 radical (unpaired) electrons. The number of amides is 1. The van der Waals surface area contributed by atoms with Gasteiger partial charge in [0.15, 0.2) is 0 Å². The molecular formula is C16H25N3O. The van der Waals surface area contributed by atoms with E-state index in [9.17, 15) is 4.79 Å². The average Bonchev–Trinajstić information content (AvgIpc) is 2.49. The van der Waals surface area contributed by atoms with Crippen LogP contribution < -0.4 is 10.6 Å². The summed E-state index contributed by atoms with van der Waals surface area (Å²) in [5.41, 5.74) is 1.33. The normalized spacial score (nSPS) is 21.4. The first-order chi connectivity index (χ1) is 9.72. The topological polar surface area (TPSA) is 44.4 Å². The van der Waals surface area contributed by atoms with E-state index in [0.29, 0.717) is 12.5 Å². The molecule has 110 valence electrons. The quantitative estimate of drug-likeness (QED) is 0.849. The molecule has 1 aliphatic heterocycles. The number of nitrogens with one attached hydrogen (secondary N) is 2. The highest BCUT2D eigenvalue weighted by atomic mass is 16.2. The molecule has 20 heavy (non-hydrogen) atoms. The predicted molar refractivity (Wildman–Crippen MR) is 81.8 cm³/mol. The molecule has 1 fully saturated rings. The Morgan fingerprint density at radius 3 is 2.90 bits per heavy atom. The first-order valence-electron chi connectivity index (χ1n) is 7.49. The number of hydrogen-bond donors (Lipinski definition) is 2. The van der Waals surface area contributed by atoms with Crippen molar-refractivity contribution in [3.05, 3.63) is 35.9 Å². The summed E-state index contributed by atoms with van der Waals surface area (Å²) >= 11 is 0. The van der Waals surface area contributed by atoms with Gasteiger partial charge >= 0.3 is 0 Å². The third-order valence-corrected chi connectivity index (χ3v) is 3.88. The number of benzene rings is 1. The van der Waals surface area contributed by atoms with Crippen LogP contribution in [0.3, 0.4) is 0 Å². The summed E-state index contributed by atoms with van der Waals surface area (Å²) in [5.74, 6) is 0.575. The minimum atomic E-state index is -0.0464. The van der Waals surface area contributed by atoms with Crippen molar-refractivity contribution in [2.45, 2.75) is 25.8 Å². The van der Waals surface area contributed by atoms with E-state index >= 15 is 0 Å². The third kappa shape index (κ3) is 3.81. The van der Waals surface area contributed by atoms with Gasteiger partial charge in [-0.2, -0.15) is 0 Å². The molecule has 4 nitrogen and oxygen atoms in total. The Morgan fingerprint density at radius 2 is 2.20 bits per heavy atom. The van der Waals surface area contributed by atoms with Gasteiger partial charge in [-0.3, -0.25) is 9.69 Å². The van der Waals surface area contributed by atoms with Crippen molar-refractivity contribution >= 4 is 5.91 Å². The summed E-state index contributed by atoms with van der Waals surface area (Å²) in [6.07, 6.45) is 0. The molecule has 0 spiro atoms. The first kappa shape index (κ1) is 15.0. The summed E-state index contributed by atoms with van der Waals surface area (Å²) in [4.78, 5) is 14.4. The Labute approximate surface area is 121 Å². The second-order valence-electron chi connectivity index (χ2n) is 5.42. The van der Waals surface area contributed by atoms with Crippen molar-refractivity contribution < 1.29 is 4.79 Å². The van der Waals surface area contributed by atoms with Crippen LogP contribution in [0.25, 0.3) is 0 Å². The second-order valence-corrected chi connectivity index (χ2v) is 5.42. The fraction of sp³-hybridized carbons (Fsp3) is 0.562. The molecule has 1 amide bonds. The lowest BCUT2D eigenvalue weighted by molar-refractivity contribution is -0.127. The maximum absolute atomic E-state index is 12.1. The zero-order valence-electron chi connectivity index (χ0n) is 12.4. The highest BCUT2D eigenvalue weighted by Gasteiger charge is 2.29. The Hall–Kier alpha value is -1.39. The Balaban J connectivity index is 2.00.